The third kappa shape index (κ3) is 7.23. The second-order valence-corrected chi connectivity index (χ2v) is 4.47. The lowest BCUT2D eigenvalue weighted by Crippen LogP contribution is -2.09. The van der Waals surface area contributed by atoms with Crippen LogP contribution in [-0.4, -0.2) is 24.5 Å². The number of carbonyl (C=O) groups is 1. The number of hydrogen-bond acceptors (Lipinski definition) is 4. The van der Waals surface area contributed by atoms with Crippen molar-refractivity contribution >= 4 is 6.29 Å². The molecular formula is C17H18F3NO3. The molecule has 0 unspecified atom stereocenters. The van der Waals surface area contributed by atoms with Crippen LogP contribution in [0.2, 0.25) is 0 Å². The average molecular weight is 341 g/mol. The zero-order valence-corrected chi connectivity index (χ0v) is 13.1. The molecule has 0 bridgehead atoms. The molecule has 2 rings (SSSR count). The predicted molar refractivity (Wildman–Crippen MR) is 82.6 cm³/mol. The first-order valence-electron chi connectivity index (χ1n) is 7.18. The number of carbonyl (C=O) groups excluding carboxylic acids is 1. The van der Waals surface area contributed by atoms with Gasteiger partial charge in [0, 0.05) is 19.0 Å². The van der Waals surface area contributed by atoms with Gasteiger partial charge in [-0.15, -0.1) is 0 Å². The van der Waals surface area contributed by atoms with Crippen molar-refractivity contribution in [3.8, 4) is 5.75 Å². The highest BCUT2D eigenvalue weighted by Crippen LogP contribution is 2.35. The van der Waals surface area contributed by atoms with Crippen LogP contribution in [0.4, 0.5) is 13.2 Å². The van der Waals surface area contributed by atoms with Crippen LogP contribution >= 0.6 is 0 Å². The first kappa shape index (κ1) is 19.6. The van der Waals surface area contributed by atoms with Gasteiger partial charge in [-0.3, -0.25) is 4.98 Å². The minimum Gasteiger partial charge on any atom is -0.488 e. The fourth-order valence-corrected chi connectivity index (χ4v) is 1.62. The Labute approximate surface area is 138 Å². The summed E-state index contributed by atoms with van der Waals surface area (Å²) < 4.78 is 47.8. The maximum absolute atomic E-state index is 12.7. The molecule has 0 amide bonds. The number of alkyl halides is 3. The second-order valence-electron chi connectivity index (χ2n) is 4.47. The lowest BCUT2D eigenvalue weighted by molar-refractivity contribution is -0.139. The van der Waals surface area contributed by atoms with Crippen LogP contribution in [0.1, 0.15) is 18.1 Å². The summed E-state index contributed by atoms with van der Waals surface area (Å²) in [5.74, 6) is -0.207. The third-order valence-corrected chi connectivity index (χ3v) is 2.71. The molecule has 2 aromatic rings. The minimum atomic E-state index is -4.46. The van der Waals surface area contributed by atoms with Crippen LogP contribution in [0.15, 0.2) is 48.8 Å². The summed E-state index contributed by atoms with van der Waals surface area (Å²) >= 11 is 0. The van der Waals surface area contributed by atoms with Crippen molar-refractivity contribution in [1.29, 1.82) is 0 Å². The molecule has 130 valence electrons. The quantitative estimate of drug-likeness (QED) is 0.591. The van der Waals surface area contributed by atoms with Gasteiger partial charge < -0.3 is 14.3 Å². The highest BCUT2D eigenvalue weighted by atomic mass is 19.4. The van der Waals surface area contributed by atoms with Gasteiger partial charge in [0.05, 0.1) is 0 Å². The smallest absolute Gasteiger partial charge is 0.421 e. The van der Waals surface area contributed by atoms with Crippen LogP contribution in [0, 0.1) is 0 Å². The van der Waals surface area contributed by atoms with Gasteiger partial charge in [-0.2, -0.15) is 13.2 Å². The molecule has 0 saturated heterocycles. The van der Waals surface area contributed by atoms with Gasteiger partial charge in [0.15, 0.2) is 0 Å². The summed E-state index contributed by atoms with van der Waals surface area (Å²) in [7, 11) is 0. The maximum atomic E-state index is 12.7. The fraction of sp³-hybridized carbons (Fsp3) is 0.294. The number of aldehydes is 1. The molecule has 1 aromatic carbocycles. The Morgan fingerprint density at radius 3 is 2.42 bits per heavy atom. The zero-order chi connectivity index (χ0) is 17.8. The number of hydrogen-bond donors (Lipinski definition) is 0. The van der Waals surface area contributed by atoms with E-state index >= 15 is 0 Å². The highest BCUT2D eigenvalue weighted by molar-refractivity contribution is 5.50. The Kier molecular flexibility index (Phi) is 8.49. The summed E-state index contributed by atoms with van der Waals surface area (Å²) in [5, 5.41) is 0. The van der Waals surface area contributed by atoms with Gasteiger partial charge in [0.2, 0.25) is 0 Å². The molecule has 0 atom stereocenters. The second kappa shape index (κ2) is 10.4. The molecular weight excluding hydrogens is 323 g/mol. The van der Waals surface area contributed by atoms with Crippen molar-refractivity contribution in [2.75, 3.05) is 13.2 Å². The van der Waals surface area contributed by atoms with Crippen molar-refractivity contribution in [1.82, 2.24) is 4.98 Å². The summed E-state index contributed by atoms with van der Waals surface area (Å²) in [6, 6.07) is 10.2. The molecule has 0 radical (unpaired) electrons. The van der Waals surface area contributed by atoms with Gasteiger partial charge in [0.25, 0.3) is 0 Å². The molecule has 0 N–H and O–H groups in total. The van der Waals surface area contributed by atoms with Crippen LogP contribution in [0.5, 0.6) is 5.75 Å². The molecule has 0 spiro atoms. The minimum absolute atomic E-state index is 0.0912. The van der Waals surface area contributed by atoms with Crippen molar-refractivity contribution in [2.24, 2.45) is 0 Å². The Hall–Kier alpha value is -2.41. The van der Waals surface area contributed by atoms with Gasteiger partial charge >= 0.3 is 6.18 Å². The van der Waals surface area contributed by atoms with Crippen molar-refractivity contribution < 1.29 is 27.4 Å². The Bertz CT molecular complexity index is 604. The molecule has 0 aliphatic rings. The van der Waals surface area contributed by atoms with Crippen molar-refractivity contribution in [3.05, 3.63) is 59.9 Å². The SMILES string of the molecule is CCOCC=O.FC(F)(F)c1cnccc1OCc1ccccc1. The van der Waals surface area contributed by atoms with Crippen molar-refractivity contribution in [2.45, 2.75) is 19.7 Å². The van der Waals surface area contributed by atoms with Crippen LogP contribution in [-0.2, 0) is 22.3 Å². The number of aromatic nitrogens is 1. The van der Waals surface area contributed by atoms with E-state index in [1.807, 2.05) is 13.0 Å². The number of rotatable bonds is 6. The molecule has 0 aliphatic carbocycles. The van der Waals surface area contributed by atoms with E-state index in [1.54, 1.807) is 24.3 Å². The molecule has 7 heteroatoms. The van der Waals surface area contributed by atoms with Gasteiger partial charge in [0.1, 0.15) is 30.8 Å². The molecule has 4 nitrogen and oxygen atoms in total. The summed E-state index contributed by atoms with van der Waals surface area (Å²) in [6.07, 6.45) is -1.68. The van der Waals surface area contributed by atoms with E-state index in [2.05, 4.69) is 9.72 Å². The normalized spacial score (nSPS) is 10.5. The predicted octanol–water partition coefficient (Wildman–Crippen LogP) is 3.90. The van der Waals surface area contributed by atoms with Crippen molar-refractivity contribution in [3.63, 3.8) is 0 Å². The van der Waals surface area contributed by atoms with Crippen LogP contribution in [0.25, 0.3) is 0 Å². The monoisotopic (exact) mass is 341 g/mol. The molecule has 1 heterocycles. The Morgan fingerprint density at radius 1 is 1.17 bits per heavy atom. The van der Waals surface area contributed by atoms with Gasteiger partial charge in [-0.05, 0) is 18.6 Å². The van der Waals surface area contributed by atoms with E-state index in [9.17, 15) is 18.0 Å². The standard InChI is InChI=1S/C13H10F3NO.C4H8O2/c14-13(15,16)11-8-17-7-6-12(11)18-9-10-4-2-1-3-5-10;1-2-6-4-3-5/h1-8H,9H2;3H,2,4H2,1H3. The maximum Gasteiger partial charge on any atom is 0.421 e. The number of nitrogens with zero attached hydrogens (tertiary/aromatic N) is 1. The lowest BCUT2D eigenvalue weighted by Gasteiger charge is -2.13. The topological polar surface area (TPSA) is 48.4 Å². The molecule has 0 fully saturated rings. The first-order valence-corrected chi connectivity index (χ1v) is 7.18. The van der Waals surface area contributed by atoms with E-state index in [0.717, 1.165) is 18.0 Å². The van der Waals surface area contributed by atoms with Gasteiger partial charge in [-0.25, -0.2) is 0 Å². The largest absolute Gasteiger partial charge is 0.488 e. The van der Waals surface area contributed by atoms with E-state index in [0.29, 0.717) is 6.61 Å². The Balaban J connectivity index is 0.000000413. The molecule has 0 aliphatic heterocycles. The molecule has 1 aromatic heterocycles. The van der Waals surface area contributed by atoms with E-state index in [4.69, 9.17) is 4.74 Å². The van der Waals surface area contributed by atoms with E-state index < -0.39 is 11.7 Å². The van der Waals surface area contributed by atoms with Crippen LogP contribution < -0.4 is 4.74 Å². The number of pyridine rings is 1. The highest BCUT2D eigenvalue weighted by Gasteiger charge is 2.34. The Morgan fingerprint density at radius 2 is 1.88 bits per heavy atom. The zero-order valence-electron chi connectivity index (χ0n) is 13.1. The van der Waals surface area contributed by atoms with Crippen LogP contribution in [0.3, 0.4) is 0 Å². The third-order valence-electron chi connectivity index (χ3n) is 2.71. The summed E-state index contributed by atoms with van der Waals surface area (Å²) in [5.41, 5.74) is -0.0524. The number of ether oxygens (including phenoxy) is 2. The molecule has 24 heavy (non-hydrogen) atoms. The summed E-state index contributed by atoms with van der Waals surface area (Å²) in [4.78, 5) is 12.9. The average Bonchev–Trinajstić information content (AvgIpc) is 2.59. The first-order chi connectivity index (χ1) is 11.5. The number of benzene rings is 1. The van der Waals surface area contributed by atoms with Gasteiger partial charge in [-0.1, -0.05) is 30.3 Å². The van der Waals surface area contributed by atoms with E-state index in [1.165, 1.54) is 12.3 Å². The molecule has 0 saturated carbocycles. The number of halogens is 3. The van der Waals surface area contributed by atoms with E-state index in [-0.39, 0.29) is 19.0 Å². The fourth-order valence-electron chi connectivity index (χ4n) is 1.62. The lowest BCUT2D eigenvalue weighted by atomic mass is 10.2. The summed E-state index contributed by atoms with van der Waals surface area (Å²) in [6.45, 7) is 2.80.